The van der Waals surface area contributed by atoms with Gasteiger partial charge in [-0.3, -0.25) is 4.79 Å². The van der Waals surface area contributed by atoms with Gasteiger partial charge in [0.2, 0.25) is 5.91 Å². The molecule has 0 radical (unpaired) electrons. The Labute approximate surface area is 119 Å². The molecule has 0 heterocycles. The molecule has 0 aliphatic heterocycles. The number of benzene rings is 1. The van der Waals surface area contributed by atoms with Crippen molar-refractivity contribution < 1.29 is 9.18 Å². The smallest absolute Gasteiger partial charge is 0.224 e. The van der Waals surface area contributed by atoms with Crippen LogP contribution < -0.4 is 11.1 Å². The van der Waals surface area contributed by atoms with Crippen LogP contribution in [-0.2, 0) is 4.79 Å². The number of carbonyl (C=O) groups excluding carboxylic acids is 1. The summed E-state index contributed by atoms with van der Waals surface area (Å²) in [5, 5.41) is 3.04. The highest BCUT2D eigenvalue weighted by Crippen LogP contribution is 2.47. The number of hydrogen-bond donors (Lipinski definition) is 2. The monoisotopic (exact) mass is 278 g/mol. The largest absolute Gasteiger partial charge is 0.352 e. The second-order valence-corrected chi connectivity index (χ2v) is 5.58. The van der Waals surface area contributed by atoms with Gasteiger partial charge in [-0.2, -0.15) is 0 Å². The summed E-state index contributed by atoms with van der Waals surface area (Å²) < 4.78 is 12.9. The maximum Gasteiger partial charge on any atom is 0.224 e. The van der Waals surface area contributed by atoms with Crippen molar-refractivity contribution in [1.82, 2.24) is 5.32 Å². The second kappa shape index (κ2) is 6.84. The first-order valence-corrected chi connectivity index (χ1v) is 7.41. The molecule has 1 fully saturated rings. The average molecular weight is 278 g/mol. The van der Waals surface area contributed by atoms with E-state index >= 15 is 0 Å². The fraction of sp³-hybridized carbons (Fsp3) is 0.562. The Morgan fingerprint density at radius 2 is 2.15 bits per heavy atom. The van der Waals surface area contributed by atoms with E-state index in [1.807, 2.05) is 0 Å². The highest BCUT2D eigenvalue weighted by Gasteiger charge is 2.44. The van der Waals surface area contributed by atoms with Gasteiger partial charge in [-0.05, 0) is 36.5 Å². The first-order chi connectivity index (χ1) is 9.65. The summed E-state index contributed by atoms with van der Waals surface area (Å²) in [6.45, 7) is 2.61. The van der Waals surface area contributed by atoms with E-state index in [-0.39, 0.29) is 29.6 Å². The van der Waals surface area contributed by atoms with Gasteiger partial charge in [0.1, 0.15) is 5.82 Å². The van der Waals surface area contributed by atoms with E-state index in [4.69, 9.17) is 5.73 Å². The number of nitrogens with one attached hydrogen (secondary N) is 1. The lowest BCUT2D eigenvalue weighted by atomic mass is 10.1. The van der Waals surface area contributed by atoms with Crippen LogP contribution in [0.5, 0.6) is 0 Å². The van der Waals surface area contributed by atoms with E-state index in [0.717, 1.165) is 31.2 Å². The van der Waals surface area contributed by atoms with Crippen LogP contribution in [0.4, 0.5) is 4.39 Å². The molecule has 110 valence electrons. The van der Waals surface area contributed by atoms with Crippen molar-refractivity contribution in [3.05, 3.63) is 35.6 Å². The summed E-state index contributed by atoms with van der Waals surface area (Å²) in [7, 11) is 0. The number of hydrogen-bond acceptors (Lipinski definition) is 2. The van der Waals surface area contributed by atoms with E-state index < -0.39 is 0 Å². The summed E-state index contributed by atoms with van der Waals surface area (Å²) in [4.78, 5) is 12.1. The van der Waals surface area contributed by atoms with Crippen molar-refractivity contribution in [3.8, 4) is 0 Å². The fourth-order valence-corrected chi connectivity index (χ4v) is 2.57. The first-order valence-electron chi connectivity index (χ1n) is 7.41. The van der Waals surface area contributed by atoms with Crippen molar-refractivity contribution in [1.29, 1.82) is 0 Å². The first kappa shape index (κ1) is 15.0. The lowest BCUT2D eigenvalue weighted by molar-refractivity contribution is -0.123. The van der Waals surface area contributed by atoms with E-state index in [2.05, 4.69) is 12.2 Å². The minimum atomic E-state index is -0.238. The molecule has 0 saturated heterocycles. The fourth-order valence-electron chi connectivity index (χ4n) is 2.57. The minimum Gasteiger partial charge on any atom is -0.352 e. The third-order valence-electron chi connectivity index (χ3n) is 3.96. The molecule has 1 saturated carbocycles. The molecule has 3 nitrogen and oxygen atoms in total. The van der Waals surface area contributed by atoms with Crippen LogP contribution in [0.1, 0.15) is 44.1 Å². The third-order valence-corrected chi connectivity index (χ3v) is 3.96. The zero-order valence-corrected chi connectivity index (χ0v) is 11.9. The van der Waals surface area contributed by atoms with E-state index in [9.17, 15) is 9.18 Å². The van der Waals surface area contributed by atoms with Gasteiger partial charge in [0, 0.05) is 18.5 Å². The molecule has 2 rings (SSSR count). The minimum absolute atomic E-state index is 0.0242. The highest BCUT2D eigenvalue weighted by molar-refractivity contribution is 5.83. The van der Waals surface area contributed by atoms with Gasteiger partial charge in [0.05, 0.1) is 0 Å². The summed E-state index contributed by atoms with van der Waals surface area (Å²) in [5.74, 6) is 0.111. The number of carbonyl (C=O) groups is 1. The molecule has 1 aliphatic carbocycles. The summed E-state index contributed by atoms with van der Waals surface area (Å²) in [6, 6.07) is 6.52. The molecule has 0 aromatic heterocycles. The van der Waals surface area contributed by atoms with Gasteiger partial charge in [0.25, 0.3) is 0 Å². The Balaban J connectivity index is 1.84. The second-order valence-electron chi connectivity index (χ2n) is 5.58. The van der Waals surface area contributed by atoms with Crippen molar-refractivity contribution in [3.63, 3.8) is 0 Å². The van der Waals surface area contributed by atoms with Crippen molar-refractivity contribution in [2.24, 2.45) is 11.7 Å². The van der Waals surface area contributed by atoms with Crippen molar-refractivity contribution in [2.75, 3.05) is 6.54 Å². The number of amides is 1. The topological polar surface area (TPSA) is 55.1 Å². The van der Waals surface area contributed by atoms with Gasteiger partial charge < -0.3 is 11.1 Å². The van der Waals surface area contributed by atoms with E-state index in [1.54, 1.807) is 12.1 Å². The van der Waals surface area contributed by atoms with Gasteiger partial charge in [-0.25, -0.2) is 4.39 Å². The van der Waals surface area contributed by atoms with Crippen molar-refractivity contribution in [2.45, 2.75) is 44.6 Å². The highest BCUT2D eigenvalue weighted by atomic mass is 19.1. The normalized spacial score (nSPS) is 22.4. The zero-order valence-electron chi connectivity index (χ0n) is 11.9. The third kappa shape index (κ3) is 3.79. The Kier molecular flexibility index (Phi) is 5.12. The van der Waals surface area contributed by atoms with E-state index in [1.165, 1.54) is 12.1 Å². The van der Waals surface area contributed by atoms with Crippen LogP contribution in [0.25, 0.3) is 0 Å². The standard InChI is InChI=1S/C16H23FN2O/c1-2-3-4-13(10-18)19-16(20)15-9-14(15)11-5-7-12(17)8-6-11/h5-8,13-15H,2-4,9-10,18H2,1H3,(H,19,20). The average Bonchev–Trinajstić information content (AvgIpc) is 3.24. The molecule has 0 spiro atoms. The number of halogens is 1. The molecule has 1 aromatic carbocycles. The van der Waals surface area contributed by atoms with Gasteiger partial charge >= 0.3 is 0 Å². The molecule has 4 heteroatoms. The molecule has 20 heavy (non-hydrogen) atoms. The zero-order chi connectivity index (χ0) is 14.5. The molecule has 0 bridgehead atoms. The summed E-state index contributed by atoms with van der Waals surface area (Å²) >= 11 is 0. The van der Waals surface area contributed by atoms with Gasteiger partial charge in [0.15, 0.2) is 0 Å². The lowest BCUT2D eigenvalue weighted by Gasteiger charge is -2.16. The maximum absolute atomic E-state index is 12.9. The van der Waals surface area contributed by atoms with Crippen LogP contribution in [0.3, 0.4) is 0 Å². The molecule has 1 aromatic rings. The van der Waals surface area contributed by atoms with Gasteiger partial charge in [-0.1, -0.05) is 31.9 Å². The SMILES string of the molecule is CCCCC(CN)NC(=O)C1CC1c1ccc(F)cc1. The Morgan fingerprint density at radius 1 is 1.45 bits per heavy atom. The predicted octanol–water partition coefficient (Wildman–Crippen LogP) is 2.56. The van der Waals surface area contributed by atoms with Crippen molar-refractivity contribution >= 4 is 5.91 Å². The molecule has 3 N–H and O–H groups in total. The van der Waals surface area contributed by atoms with E-state index in [0.29, 0.717) is 6.54 Å². The molecule has 1 aliphatic rings. The quantitative estimate of drug-likeness (QED) is 0.805. The van der Waals surface area contributed by atoms with Crippen LogP contribution in [0, 0.1) is 11.7 Å². The number of unbranched alkanes of at least 4 members (excludes halogenated alkanes) is 1. The Morgan fingerprint density at radius 3 is 2.75 bits per heavy atom. The Bertz CT molecular complexity index is 446. The molecular formula is C16H23FN2O. The number of rotatable bonds is 7. The van der Waals surface area contributed by atoms with Crippen LogP contribution in [-0.4, -0.2) is 18.5 Å². The Hall–Kier alpha value is -1.42. The molecule has 3 atom stereocenters. The molecule has 3 unspecified atom stereocenters. The maximum atomic E-state index is 12.9. The van der Waals surface area contributed by atoms with Gasteiger partial charge in [-0.15, -0.1) is 0 Å². The van der Waals surface area contributed by atoms with Crippen LogP contribution >= 0.6 is 0 Å². The number of nitrogens with two attached hydrogens (primary N) is 1. The summed E-state index contributed by atoms with van der Waals surface area (Å²) in [5.41, 5.74) is 6.73. The molecule has 1 amide bonds. The van der Waals surface area contributed by atoms with Crippen LogP contribution in [0.15, 0.2) is 24.3 Å². The summed E-state index contributed by atoms with van der Waals surface area (Å²) in [6.07, 6.45) is 3.97. The van der Waals surface area contributed by atoms with Crippen LogP contribution in [0.2, 0.25) is 0 Å². The molecular weight excluding hydrogens is 255 g/mol. The lowest BCUT2D eigenvalue weighted by Crippen LogP contribution is -2.41. The predicted molar refractivity (Wildman–Crippen MR) is 77.8 cm³/mol.